The summed E-state index contributed by atoms with van der Waals surface area (Å²) in [6, 6.07) is 15.2. The molecular weight excluding hydrogens is 302 g/mol. The number of hydrogen-bond donors (Lipinski definition) is 1. The highest BCUT2D eigenvalue weighted by Crippen LogP contribution is 2.18. The lowest BCUT2D eigenvalue weighted by Gasteiger charge is -2.35. The third-order valence-electron chi connectivity index (χ3n) is 4.00. The summed E-state index contributed by atoms with van der Waals surface area (Å²) >= 11 is 0. The number of carbonyl (C=O) groups is 1. The molecule has 0 atom stereocenters. The van der Waals surface area contributed by atoms with Crippen LogP contribution in [0.25, 0.3) is 0 Å². The van der Waals surface area contributed by atoms with Crippen molar-refractivity contribution in [3.05, 3.63) is 54.2 Å². The van der Waals surface area contributed by atoms with Crippen molar-refractivity contribution in [1.82, 2.24) is 9.88 Å². The number of carbonyl (C=O) groups excluding carboxylic acids is 1. The summed E-state index contributed by atoms with van der Waals surface area (Å²) in [5.74, 6) is 0.721. The molecule has 24 heavy (non-hydrogen) atoms. The number of hydrogen-bond acceptors (Lipinski definition) is 5. The lowest BCUT2D eigenvalue weighted by Crippen LogP contribution is -2.49. The molecule has 0 aliphatic carbocycles. The van der Waals surface area contributed by atoms with Crippen LogP contribution < -0.4 is 10.2 Å². The molecule has 1 aromatic carbocycles. The van der Waals surface area contributed by atoms with Crippen LogP contribution in [-0.2, 0) is 4.79 Å². The Kier molecular flexibility index (Phi) is 5.04. The van der Waals surface area contributed by atoms with Crippen LogP contribution in [0.2, 0.25) is 0 Å². The first-order valence-corrected chi connectivity index (χ1v) is 7.93. The van der Waals surface area contributed by atoms with E-state index in [9.17, 15) is 10.1 Å². The Morgan fingerprint density at radius 1 is 1.12 bits per heavy atom. The van der Waals surface area contributed by atoms with Gasteiger partial charge in [0, 0.05) is 38.1 Å². The first-order chi connectivity index (χ1) is 11.8. The first kappa shape index (κ1) is 16.0. The summed E-state index contributed by atoms with van der Waals surface area (Å²) in [6.07, 6.45) is 1.70. The van der Waals surface area contributed by atoms with E-state index in [-0.39, 0.29) is 5.91 Å². The minimum absolute atomic E-state index is 0.00907. The maximum Gasteiger partial charge on any atom is 0.238 e. The largest absolute Gasteiger partial charge is 0.353 e. The lowest BCUT2D eigenvalue weighted by molar-refractivity contribution is -0.117. The molecule has 0 bridgehead atoms. The number of pyridine rings is 1. The molecule has 0 saturated carbocycles. The number of nitrogens with one attached hydrogen (secondary N) is 1. The average Bonchev–Trinajstić information content (AvgIpc) is 2.63. The molecule has 6 heteroatoms. The van der Waals surface area contributed by atoms with E-state index in [1.165, 1.54) is 0 Å². The normalized spacial score (nSPS) is 14.9. The van der Waals surface area contributed by atoms with Crippen LogP contribution in [0.15, 0.2) is 48.7 Å². The Hall–Kier alpha value is -2.91. The monoisotopic (exact) mass is 321 g/mol. The molecule has 1 amide bonds. The van der Waals surface area contributed by atoms with Crippen molar-refractivity contribution in [2.24, 2.45) is 0 Å². The molecular formula is C18H19N5O. The Bertz CT molecular complexity index is 733. The molecule has 122 valence electrons. The molecule has 1 aliphatic rings. The molecule has 1 fully saturated rings. The van der Waals surface area contributed by atoms with Gasteiger partial charge in [0.1, 0.15) is 11.9 Å². The van der Waals surface area contributed by atoms with E-state index < -0.39 is 0 Å². The Balaban J connectivity index is 1.52. The van der Waals surface area contributed by atoms with E-state index in [0.717, 1.165) is 37.7 Å². The van der Waals surface area contributed by atoms with E-state index in [2.05, 4.69) is 26.2 Å². The van der Waals surface area contributed by atoms with Gasteiger partial charge in [0.2, 0.25) is 5.91 Å². The minimum atomic E-state index is -0.00907. The van der Waals surface area contributed by atoms with E-state index in [4.69, 9.17) is 0 Å². The highest BCUT2D eigenvalue weighted by molar-refractivity contribution is 5.92. The van der Waals surface area contributed by atoms with Crippen molar-refractivity contribution >= 4 is 17.4 Å². The number of piperazine rings is 1. The van der Waals surface area contributed by atoms with Crippen LogP contribution in [0, 0.1) is 11.3 Å². The Morgan fingerprint density at radius 3 is 2.58 bits per heavy atom. The molecule has 2 heterocycles. The van der Waals surface area contributed by atoms with Gasteiger partial charge in [-0.3, -0.25) is 9.69 Å². The van der Waals surface area contributed by atoms with Gasteiger partial charge >= 0.3 is 0 Å². The molecule has 3 rings (SSSR count). The molecule has 1 aromatic heterocycles. The molecule has 6 nitrogen and oxygen atoms in total. The summed E-state index contributed by atoms with van der Waals surface area (Å²) in [4.78, 5) is 20.6. The van der Waals surface area contributed by atoms with E-state index in [1.54, 1.807) is 18.3 Å². The fourth-order valence-electron chi connectivity index (χ4n) is 2.78. The summed E-state index contributed by atoms with van der Waals surface area (Å²) in [5, 5.41) is 12.1. The second-order valence-corrected chi connectivity index (χ2v) is 5.66. The minimum Gasteiger partial charge on any atom is -0.353 e. The van der Waals surface area contributed by atoms with Crippen LogP contribution in [0.4, 0.5) is 11.5 Å². The van der Waals surface area contributed by atoms with E-state index in [1.807, 2.05) is 30.3 Å². The molecule has 1 saturated heterocycles. The quantitative estimate of drug-likeness (QED) is 0.928. The number of amides is 1. The lowest BCUT2D eigenvalue weighted by atomic mass is 10.2. The highest BCUT2D eigenvalue weighted by atomic mass is 16.2. The smallest absolute Gasteiger partial charge is 0.238 e. The number of para-hydroxylation sites is 1. The van der Waals surface area contributed by atoms with Crippen molar-refractivity contribution < 1.29 is 4.79 Å². The standard InChI is InChI=1S/C18H19N5O/c19-13-15-5-4-8-20-18(15)23-11-9-22(10-12-23)14-17(24)21-16-6-2-1-3-7-16/h1-8H,9-12,14H2,(H,21,24). The maximum atomic E-state index is 12.1. The van der Waals surface area contributed by atoms with Gasteiger partial charge in [0.05, 0.1) is 12.1 Å². The third kappa shape index (κ3) is 3.89. The zero-order chi connectivity index (χ0) is 16.8. The Morgan fingerprint density at radius 2 is 1.88 bits per heavy atom. The molecule has 0 spiro atoms. The first-order valence-electron chi connectivity index (χ1n) is 7.93. The van der Waals surface area contributed by atoms with E-state index >= 15 is 0 Å². The summed E-state index contributed by atoms with van der Waals surface area (Å²) in [7, 11) is 0. The number of aromatic nitrogens is 1. The van der Waals surface area contributed by atoms with Gasteiger partial charge in [-0.15, -0.1) is 0 Å². The van der Waals surface area contributed by atoms with Crippen molar-refractivity contribution in [2.75, 3.05) is 42.9 Å². The fraction of sp³-hybridized carbons (Fsp3) is 0.278. The zero-order valence-corrected chi connectivity index (χ0v) is 13.4. The van der Waals surface area contributed by atoms with Crippen molar-refractivity contribution in [1.29, 1.82) is 5.26 Å². The van der Waals surface area contributed by atoms with Crippen LogP contribution in [0.1, 0.15) is 5.56 Å². The molecule has 1 aliphatic heterocycles. The molecule has 0 unspecified atom stereocenters. The van der Waals surface area contributed by atoms with Crippen LogP contribution in [0.5, 0.6) is 0 Å². The topological polar surface area (TPSA) is 72.3 Å². The van der Waals surface area contributed by atoms with Gasteiger partial charge in [0.15, 0.2) is 0 Å². The number of rotatable bonds is 4. The predicted molar refractivity (Wildman–Crippen MR) is 92.7 cm³/mol. The maximum absolute atomic E-state index is 12.1. The second-order valence-electron chi connectivity index (χ2n) is 5.66. The third-order valence-corrected chi connectivity index (χ3v) is 4.00. The van der Waals surface area contributed by atoms with Gasteiger partial charge in [0.25, 0.3) is 0 Å². The fourth-order valence-corrected chi connectivity index (χ4v) is 2.78. The van der Waals surface area contributed by atoms with Crippen LogP contribution in [-0.4, -0.2) is 48.5 Å². The number of nitriles is 1. The van der Waals surface area contributed by atoms with Crippen LogP contribution in [0.3, 0.4) is 0 Å². The number of anilines is 2. The highest BCUT2D eigenvalue weighted by Gasteiger charge is 2.21. The van der Waals surface area contributed by atoms with Crippen molar-refractivity contribution in [3.8, 4) is 6.07 Å². The molecule has 0 radical (unpaired) electrons. The molecule has 2 aromatic rings. The summed E-state index contributed by atoms with van der Waals surface area (Å²) in [6.45, 7) is 3.41. The van der Waals surface area contributed by atoms with Crippen molar-refractivity contribution in [2.45, 2.75) is 0 Å². The van der Waals surface area contributed by atoms with Gasteiger partial charge in [-0.2, -0.15) is 5.26 Å². The predicted octanol–water partition coefficient (Wildman–Crippen LogP) is 1.71. The summed E-state index contributed by atoms with van der Waals surface area (Å²) in [5.41, 5.74) is 1.40. The average molecular weight is 321 g/mol. The number of benzene rings is 1. The van der Waals surface area contributed by atoms with Gasteiger partial charge in [-0.1, -0.05) is 18.2 Å². The Labute approximate surface area is 141 Å². The zero-order valence-electron chi connectivity index (χ0n) is 13.4. The van der Waals surface area contributed by atoms with Crippen molar-refractivity contribution in [3.63, 3.8) is 0 Å². The number of nitrogens with zero attached hydrogens (tertiary/aromatic N) is 4. The van der Waals surface area contributed by atoms with Gasteiger partial charge in [-0.05, 0) is 24.3 Å². The second kappa shape index (κ2) is 7.57. The SMILES string of the molecule is N#Cc1cccnc1N1CCN(CC(=O)Nc2ccccc2)CC1. The summed E-state index contributed by atoms with van der Waals surface area (Å²) < 4.78 is 0. The molecule has 1 N–H and O–H groups in total. The van der Waals surface area contributed by atoms with Gasteiger partial charge in [-0.25, -0.2) is 4.98 Å². The van der Waals surface area contributed by atoms with Gasteiger partial charge < -0.3 is 10.2 Å². The van der Waals surface area contributed by atoms with E-state index in [0.29, 0.717) is 12.1 Å². The van der Waals surface area contributed by atoms with Crippen LogP contribution >= 0.6 is 0 Å².